The molecule has 3 N–H and O–H groups in total. The molecule has 178 valence electrons. The molecule has 0 aliphatic carbocycles. The highest BCUT2D eigenvalue weighted by atomic mass is 16.2. The minimum atomic E-state index is -0.426. The molecule has 1 fully saturated rings. The molecule has 0 aromatic heterocycles. The zero-order valence-corrected chi connectivity index (χ0v) is 19.8. The summed E-state index contributed by atoms with van der Waals surface area (Å²) in [6, 6.07) is 23.5. The number of carbonyl (C=O) groups excluding carboxylic acids is 2. The number of hydrogen-bond acceptors (Lipinski definition) is 4. The molecule has 7 nitrogen and oxygen atoms in total. The molecule has 1 saturated heterocycles. The summed E-state index contributed by atoms with van der Waals surface area (Å²) < 4.78 is 0. The van der Waals surface area contributed by atoms with Crippen LogP contribution in [0.1, 0.15) is 41.3 Å². The number of nitrogens with zero attached hydrogens (tertiary/aromatic N) is 2. The lowest BCUT2D eigenvalue weighted by molar-refractivity contribution is 0.0951. The van der Waals surface area contributed by atoms with Crippen molar-refractivity contribution >= 4 is 29.0 Å². The summed E-state index contributed by atoms with van der Waals surface area (Å²) in [6.45, 7) is 4.47. The van der Waals surface area contributed by atoms with E-state index in [-0.39, 0.29) is 5.91 Å². The highest BCUT2D eigenvalue weighted by molar-refractivity contribution is 6.04. The van der Waals surface area contributed by atoms with Crippen LogP contribution in [0.2, 0.25) is 0 Å². The first-order valence-corrected chi connectivity index (χ1v) is 11.8. The van der Waals surface area contributed by atoms with Gasteiger partial charge in [0.15, 0.2) is 0 Å². The van der Waals surface area contributed by atoms with E-state index in [4.69, 9.17) is 5.26 Å². The van der Waals surface area contributed by atoms with Crippen molar-refractivity contribution in [2.24, 2.45) is 5.92 Å². The number of hydrogen-bond donors (Lipinski definition) is 3. The van der Waals surface area contributed by atoms with Crippen molar-refractivity contribution < 1.29 is 9.59 Å². The average molecular weight is 468 g/mol. The fourth-order valence-corrected chi connectivity index (χ4v) is 4.12. The van der Waals surface area contributed by atoms with Crippen LogP contribution in [-0.2, 0) is 6.54 Å². The quantitative estimate of drug-likeness (QED) is 0.454. The molecule has 7 heteroatoms. The normalized spacial score (nSPS) is 13.5. The molecule has 1 aliphatic rings. The molecule has 35 heavy (non-hydrogen) atoms. The Labute approximate surface area is 205 Å². The standard InChI is InChI=1S/C28H29N5O2/c1-20-13-15-33(16-14-20)26-12-11-24(32-28(35)31-23-9-7-21(18-29)8-10-23)17-25(26)27(34)30-19-22-5-3-2-4-6-22/h2-12,17,20H,13-16,19H2,1H3,(H,30,34)(H2,31,32,35). The monoisotopic (exact) mass is 467 g/mol. The van der Waals surface area contributed by atoms with Crippen molar-refractivity contribution in [1.82, 2.24) is 5.32 Å². The smallest absolute Gasteiger partial charge is 0.323 e. The molecule has 0 spiro atoms. The predicted octanol–water partition coefficient (Wildman–Crippen LogP) is 5.37. The van der Waals surface area contributed by atoms with E-state index in [1.165, 1.54) is 0 Å². The second-order valence-electron chi connectivity index (χ2n) is 8.84. The Balaban J connectivity index is 1.51. The van der Waals surface area contributed by atoms with E-state index in [1.54, 1.807) is 30.3 Å². The minimum absolute atomic E-state index is 0.182. The molecule has 0 atom stereocenters. The third-order valence-corrected chi connectivity index (χ3v) is 6.19. The zero-order valence-electron chi connectivity index (χ0n) is 19.8. The summed E-state index contributed by atoms with van der Waals surface area (Å²) in [5.74, 6) is 0.493. The van der Waals surface area contributed by atoms with Crippen LogP contribution in [0, 0.1) is 17.2 Å². The first-order chi connectivity index (χ1) is 17.0. The molecule has 3 aromatic carbocycles. The van der Waals surface area contributed by atoms with Crippen molar-refractivity contribution in [2.75, 3.05) is 28.6 Å². The fraction of sp³-hybridized carbons (Fsp3) is 0.250. The van der Waals surface area contributed by atoms with Crippen molar-refractivity contribution in [3.8, 4) is 6.07 Å². The molecule has 1 aliphatic heterocycles. The molecular formula is C28H29N5O2. The molecule has 0 unspecified atom stereocenters. The maximum atomic E-state index is 13.2. The second-order valence-corrected chi connectivity index (χ2v) is 8.84. The number of carbonyl (C=O) groups is 2. The Morgan fingerprint density at radius 3 is 2.29 bits per heavy atom. The molecule has 0 saturated carbocycles. The lowest BCUT2D eigenvalue weighted by atomic mass is 9.97. The van der Waals surface area contributed by atoms with E-state index in [9.17, 15) is 9.59 Å². The molecule has 1 heterocycles. The third-order valence-electron chi connectivity index (χ3n) is 6.19. The van der Waals surface area contributed by atoms with Gasteiger partial charge in [-0.25, -0.2) is 4.79 Å². The summed E-state index contributed by atoms with van der Waals surface area (Å²) >= 11 is 0. The zero-order chi connectivity index (χ0) is 24.6. The van der Waals surface area contributed by atoms with Crippen LogP contribution < -0.4 is 20.9 Å². The number of urea groups is 1. The van der Waals surface area contributed by atoms with Gasteiger partial charge in [-0.1, -0.05) is 37.3 Å². The number of benzene rings is 3. The lowest BCUT2D eigenvalue weighted by Crippen LogP contribution is -2.35. The van der Waals surface area contributed by atoms with Crippen LogP contribution in [0.4, 0.5) is 21.9 Å². The van der Waals surface area contributed by atoms with Crippen LogP contribution in [0.5, 0.6) is 0 Å². The van der Waals surface area contributed by atoms with Gasteiger partial charge in [0.25, 0.3) is 5.91 Å². The Morgan fingerprint density at radius 1 is 0.943 bits per heavy atom. The maximum absolute atomic E-state index is 13.2. The van der Waals surface area contributed by atoms with E-state index in [1.807, 2.05) is 48.5 Å². The van der Waals surface area contributed by atoms with E-state index in [2.05, 4.69) is 27.8 Å². The summed E-state index contributed by atoms with van der Waals surface area (Å²) in [4.78, 5) is 28.0. The number of nitrogens with one attached hydrogen (secondary N) is 3. The molecule has 4 rings (SSSR count). The topological polar surface area (TPSA) is 97.3 Å². The number of nitriles is 1. The SMILES string of the molecule is CC1CCN(c2ccc(NC(=O)Nc3ccc(C#N)cc3)cc2C(=O)NCc2ccccc2)CC1. The summed E-state index contributed by atoms with van der Waals surface area (Å²) in [6.07, 6.45) is 2.16. The van der Waals surface area contributed by atoms with E-state index in [0.29, 0.717) is 35.0 Å². The van der Waals surface area contributed by atoms with Crippen molar-refractivity contribution in [3.05, 3.63) is 89.5 Å². The highest BCUT2D eigenvalue weighted by Crippen LogP contribution is 2.29. The van der Waals surface area contributed by atoms with Crippen LogP contribution in [0.25, 0.3) is 0 Å². The van der Waals surface area contributed by atoms with Gasteiger partial charge in [-0.2, -0.15) is 5.26 Å². The Bertz CT molecular complexity index is 1210. The van der Waals surface area contributed by atoms with Crippen LogP contribution in [0.3, 0.4) is 0 Å². The molecule has 0 bridgehead atoms. The van der Waals surface area contributed by atoms with Gasteiger partial charge in [-0.3, -0.25) is 4.79 Å². The molecular weight excluding hydrogens is 438 g/mol. The predicted molar refractivity (Wildman–Crippen MR) is 138 cm³/mol. The number of amides is 3. The number of anilines is 3. The van der Waals surface area contributed by atoms with Gasteiger partial charge in [0.05, 0.1) is 17.2 Å². The largest absolute Gasteiger partial charge is 0.371 e. The Hall–Kier alpha value is -4.31. The summed E-state index contributed by atoms with van der Waals surface area (Å²) in [7, 11) is 0. The van der Waals surface area contributed by atoms with Crippen molar-refractivity contribution in [1.29, 1.82) is 5.26 Å². The summed E-state index contributed by atoms with van der Waals surface area (Å²) in [5, 5.41) is 17.5. The number of piperidine rings is 1. The maximum Gasteiger partial charge on any atom is 0.323 e. The molecule has 0 radical (unpaired) electrons. The second kappa shape index (κ2) is 11.2. The highest BCUT2D eigenvalue weighted by Gasteiger charge is 2.22. The fourth-order valence-electron chi connectivity index (χ4n) is 4.12. The van der Waals surface area contributed by atoms with Crippen LogP contribution >= 0.6 is 0 Å². The van der Waals surface area contributed by atoms with Gasteiger partial charge in [0.1, 0.15) is 0 Å². The van der Waals surface area contributed by atoms with E-state index < -0.39 is 6.03 Å². The van der Waals surface area contributed by atoms with Gasteiger partial charge in [-0.15, -0.1) is 0 Å². The van der Waals surface area contributed by atoms with E-state index in [0.717, 1.165) is 37.2 Å². The first kappa shape index (κ1) is 23.8. The minimum Gasteiger partial charge on any atom is -0.371 e. The van der Waals surface area contributed by atoms with Gasteiger partial charge < -0.3 is 20.9 Å². The van der Waals surface area contributed by atoms with Crippen LogP contribution in [-0.4, -0.2) is 25.0 Å². The van der Waals surface area contributed by atoms with Crippen LogP contribution in [0.15, 0.2) is 72.8 Å². The van der Waals surface area contributed by atoms with Gasteiger partial charge in [0, 0.05) is 36.7 Å². The first-order valence-electron chi connectivity index (χ1n) is 11.8. The van der Waals surface area contributed by atoms with Crippen molar-refractivity contribution in [3.63, 3.8) is 0 Å². The average Bonchev–Trinajstić information content (AvgIpc) is 2.89. The molecule has 3 amide bonds. The number of rotatable bonds is 6. The van der Waals surface area contributed by atoms with Gasteiger partial charge >= 0.3 is 6.03 Å². The van der Waals surface area contributed by atoms with Gasteiger partial charge in [0.2, 0.25) is 0 Å². The Kier molecular flexibility index (Phi) is 7.63. The lowest BCUT2D eigenvalue weighted by Gasteiger charge is -2.33. The molecule has 3 aromatic rings. The van der Waals surface area contributed by atoms with E-state index >= 15 is 0 Å². The van der Waals surface area contributed by atoms with Gasteiger partial charge in [-0.05, 0) is 66.8 Å². The third kappa shape index (κ3) is 6.39. The summed E-state index contributed by atoms with van der Waals surface area (Å²) in [5.41, 5.74) is 4.04. The van der Waals surface area contributed by atoms with Crippen molar-refractivity contribution in [2.45, 2.75) is 26.3 Å². The Morgan fingerprint density at radius 2 is 1.60 bits per heavy atom.